The number of benzene rings is 1. The second kappa shape index (κ2) is 5.45. The molecule has 3 nitrogen and oxygen atoms in total. The van der Waals surface area contributed by atoms with Crippen molar-refractivity contribution >= 4 is 46.5 Å². The minimum absolute atomic E-state index is 0.00241. The number of nitrogens with one attached hydrogen (secondary N) is 1. The first-order valence-electron chi connectivity index (χ1n) is 4.00. The Bertz CT molecular complexity index is 359. The van der Waals surface area contributed by atoms with E-state index in [-0.39, 0.29) is 6.54 Å². The number of anilines is 1. The predicted molar refractivity (Wildman–Crippen MR) is 62.0 cm³/mol. The number of hydrogen-bond acceptors (Lipinski definition) is 3. The molecule has 15 heavy (non-hydrogen) atoms. The highest BCUT2D eigenvalue weighted by molar-refractivity contribution is 6.41. The van der Waals surface area contributed by atoms with Crippen LogP contribution >= 0.6 is 34.8 Å². The Balaban J connectivity index is 2.81. The number of carbonyl (C=O) groups excluding carboxylic acids is 1. The van der Waals surface area contributed by atoms with Gasteiger partial charge in [-0.15, -0.1) is 0 Å². The quantitative estimate of drug-likeness (QED) is 0.855. The topological polar surface area (TPSA) is 38.3 Å². The summed E-state index contributed by atoms with van der Waals surface area (Å²) in [4.78, 5) is 10.9. The summed E-state index contributed by atoms with van der Waals surface area (Å²) in [6, 6.07) is 3.07. The largest absolute Gasteiger partial charge is 0.468 e. The van der Waals surface area contributed by atoms with Gasteiger partial charge in [-0.1, -0.05) is 34.8 Å². The molecule has 0 saturated heterocycles. The Morgan fingerprint density at radius 1 is 1.33 bits per heavy atom. The summed E-state index contributed by atoms with van der Waals surface area (Å²) in [5.74, 6) is -0.405. The molecule has 0 saturated carbocycles. The number of rotatable bonds is 3. The van der Waals surface area contributed by atoms with Crippen LogP contribution in [0.5, 0.6) is 0 Å². The van der Waals surface area contributed by atoms with Crippen LogP contribution in [0.25, 0.3) is 0 Å². The van der Waals surface area contributed by atoms with E-state index in [0.717, 1.165) is 0 Å². The van der Waals surface area contributed by atoms with E-state index in [1.807, 2.05) is 0 Å². The van der Waals surface area contributed by atoms with Crippen LogP contribution in [0.2, 0.25) is 15.1 Å². The van der Waals surface area contributed by atoms with Crippen LogP contribution in [0.4, 0.5) is 5.69 Å². The second-order valence-corrected chi connectivity index (χ2v) is 3.92. The molecule has 0 fully saturated rings. The highest BCUT2D eigenvalue weighted by Gasteiger charge is 2.09. The normalized spacial score (nSPS) is 9.87. The number of carbonyl (C=O) groups is 1. The van der Waals surface area contributed by atoms with Crippen LogP contribution in [-0.4, -0.2) is 19.6 Å². The van der Waals surface area contributed by atoms with Crippen LogP contribution in [-0.2, 0) is 9.53 Å². The van der Waals surface area contributed by atoms with E-state index in [4.69, 9.17) is 34.8 Å². The van der Waals surface area contributed by atoms with Gasteiger partial charge in [-0.2, -0.15) is 0 Å². The van der Waals surface area contributed by atoms with Crippen molar-refractivity contribution in [3.63, 3.8) is 0 Å². The summed E-state index contributed by atoms with van der Waals surface area (Å²) in [7, 11) is 1.30. The van der Waals surface area contributed by atoms with E-state index in [1.54, 1.807) is 0 Å². The Hall–Kier alpha value is -0.640. The lowest BCUT2D eigenvalue weighted by Crippen LogP contribution is -2.15. The van der Waals surface area contributed by atoms with Gasteiger partial charge in [-0.25, -0.2) is 0 Å². The van der Waals surface area contributed by atoms with Crippen molar-refractivity contribution in [3.8, 4) is 0 Å². The lowest BCUT2D eigenvalue weighted by molar-refractivity contribution is -0.138. The fraction of sp³-hybridized carbons (Fsp3) is 0.222. The third-order valence-corrected chi connectivity index (χ3v) is 2.46. The molecule has 0 aliphatic heterocycles. The van der Waals surface area contributed by atoms with Crippen molar-refractivity contribution in [3.05, 3.63) is 27.2 Å². The summed E-state index contributed by atoms with van der Waals surface area (Å²) >= 11 is 17.5. The molecule has 0 unspecified atom stereocenters. The zero-order valence-corrected chi connectivity index (χ0v) is 10.1. The van der Waals surface area contributed by atoms with Crippen molar-refractivity contribution in [2.75, 3.05) is 19.0 Å². The molecule has 0 bridgehead atoms. The van der Waals surface area contributed by atoms with Crippen LogP contribution < -0.4 is 5.32 Å². The van der Waals surface area contributed by atoms with E-state index in [2.05, 4.69) is 10.1 Å². The molecular weight excluding hydrogens is 260 g/mol. The maximum absolute atomic E-state index is 10.9. The molecule has 0 aliphatic carbocycles. The fourth-order valence-corrected chi connectivity index (χ4v) is 1.89. The van der Waals surface area contributed by atoms with E-state index in [9.17, 15) is 4.79 Å². The number of hydrogen-bond donors (Lipinski definition) is 1. The molecule has 0 atom stereocenters. The SMILES string of the molecule is COC(=O)CNc1c(Cl)cc(Cl)cc1Cl. The lowest BCUT2D eigenvalue weighted by Gasteiger charge is -2.09. The minimum atomic E-state index is -0.405. The van der Waals surface area contributed by atoms with Gasteiger partial charge in [0.25, 0.3) is 0 Å². The average Bonchev–Trinajstić information content (AvgIpc) is 2.15. The first kappa shape index (κ1) is 12.4. The van der Waals surface area contributed by atoms with Crippen molar-refractivity contribution < 1.29 is 9.53 Å². The molecule has 82 valence electrons. The van der Waals surface area contributed by atoms with Crippen LogP contribution in [0.1, 0.15) is 0 Å². The Labute approximate surface area is 102 Å². The molecule has 0 spiro atoms. The van der Waals surface area contributed by atoms with Gasteiger partial charge in [0.2, 0.25) is 0 Å². The van der Waals surface area contributed by atoms with Gasteiger partial charge in [0, 0.05) is 5.02 Å². The highest BCUT2D eigenvalue weighted by Crippen LogP contribution is 2.33. The molecule has 0 aromatic heterocycles. The van der Waals surface area contributed by atoms with Gasteiger partial charge in [-0.3, -0.25) is 4.79 Å². The summed E-state index contributed by atoms with van der Waals surface area (Å²) in [5.41, 5.74) is 0.466. The van der Waals surface area contributed by atoms with E-state index in [0.29, 0.717) is 20.8 Å². The third kappa shape index (κ3) is 3.45. The van der Waals surface area contributed by atoms with Gasteiger partial charge in [0.15, 0.2) is 0 Å². The van der Waals surface area contributed by atoms with Gasteiger partial charge < -0.3 is 10.1 Å². The monoisotopic (exact) mass is 267 g/mol. The molecule has 6 heteroatoms. The summed E-state index contributed by atoms with van der Waals surface area (Å²) in [5, 5.41) is 3.92. The fourth-order valence-electron chi connectivity index (χ4n) is 0.944. The molecule has 0 heterocycles. The smallest absolute Gasteiger partial charge is 0.325 e. The summed E-state index contributed by atoms with van der Waals surface area (Å²) in [6.45, 7) is -0.00241. The molecule has 0 aliphatic rings. The Morgan fingerprint density at radius 3 is 2.33 bits per heavy atom. The highest BCUT2D eigenvalue weighted by atomic mass is 35.5. The van der Waals surface area contributed by atoms with E-state index >= 15 is 0 Å². The number of esters is 1. The van der Waals surface area contributed by atoms with Crippen LogP contribution in [0, 0.1) is 0 Å². The maximum atomic E-state index is 10.9. The molecule has 0 radical (unpaired) electrons. The summed E-state index contributed by atoms with van der Waals surface area (Å²) in [6.07, 6.45) is 0. The van der Waals surface area contributed by atoms with Crippen molar-refractivity contribution in [2.45, 2.75) is 0 Å². The van der Waals surface area contributed by atoms with E-state index in [1.165, 1.54) is 19.2 Å². The zero-order valence-electron chi connectivity index (χ0n) is 7.81. The molecular formula is C9H8Cl3NO2. The van der Waals surface area contributed by atoms with Crippen molar-refractivity contribution in [1.29, 1.82) is 0 Å². The number of ether oxygens (including phenoxy) is 1. The molecule has 0 amide bonds. The van der Waals surface area contributed by atoms with Crippen LogP contribution in [0.15, 0.2) is 12.1 Å². The third-order valence-electron chi connectivity index (χ3n) is 1.64. The average molecular weight is 269 g/mol. The number of methoxy groups -OCH3 is 1. The first-order valence-corrected chi connectivity index (χ1v) is 5.13. The Morgan fingerprint density at radius 2 is 1.87 bits per heavy atom. The lowest BCUT2D eigenvalue weighted by atomic mass is 10.3. The van der Waals surface area contributed by atoms with E-state index < -0.39 is 5.97 Å². The van der Waals surface area contributed by atoms with Gasteiger partial charge in [0.1, 0.15) is 6.54 Å². The molecule has 1 rings (SSSR count). The van der Waals surface area contributed by atoms with Crippen molar-refractivity contribution in [2.24, 2.45) is 0 Å². The second-order valence-electron chi connectivity index (χ2n) is 2.67. The first-order chi connectivity index (χ1) is 7.04. The van der Waals surface area contributed by atoms with Crippen LogP contribution in [0.3, 0.4) is 0 Å². The van der Waals surface area contributed by atoms with Gasteiger partial charge >= 0.3 is 5.97 Å². The predicted octanol–water partition coefficient (Wildman–Crippen LogP) is 3.23. The van der Waals surface area contributed by atoms with Gasteiger partial charge in [0.05, 0.1) is 22.8 Å². The van der Waals surface area contributed by atoms with Crippen molar-refractivity contribution in [1.82, 2.24) is 0 Å². The minimum Gasteiger partial charge on any atom is -0.468 e. The Kier molecular flexibility index (Phi) is 4.51. The molecule has 1 aromatic carbocycles. The number of halogens is 3. The maximum Gasteiger partial charge on any atom is 0.325 e. The molecule has 1 aromatic rings. The standard InChI is InChI=1S/C9H8Cl3NO2/c1-15-8(14)4-13-9-6(11)2-5(10)3-7(9)12/h2-3,13H,4H2,1H3. The zero-order chi connectivity index (χ0) is 11.4. The summed E-state index contributed by atoms with van der Waals surface area (Å²) < 4.78 is 4.46. The molecule has 1 N–H and O–H groups in total. The van der Waals surface area contributed by atoms with Gasteiger partial charge in [-0.05, 0) is 12.1 Å².